The van der Waals surface area contributed by atoms with E-state index in [9.17, 15) is 4.79 Å². The highest BCUT2D eigenvalue weighted by Gasteiger charge is 2.23. The minimum Gasteiger partial charge on any atom is -1.00 e. The highest BCUT2D eigenvalue weighted by Crippen LogP contribution is 2.21. The van der Waals surface area contributed by atoms with Crippen molar-refractivity contribution in [1.82, 2.24) is 5.01 Å². The summed E-state index contributed by atoms with van der Waals surface area (Å²) in [5.74, 6) is -0.0420. The standard InChI is InChI=1S/C23H27N3O2.BrH/c24-23-20(14-7-11-18-9-3-1-4-10-18)17-21(19-12-5-2-6-13-19)25-26(23)16-8-15-22(27)28;/h1-6,9-10,12-13,17,25H,7-8,11,14-16,24H2,(H,27,28);1H. The van der Waals surface area contributed by atoms with Crippen LogP contribution in [0.3, 0.4) is 0 Å². The number of aryl methyl sites for hydroxylation is 1. The lowest BCUT2D eigenvalue weighted by molar-refractivity contribution is -0.722. The zero-order valence-electron chi connectivity index (χ0n) is 16.4. The van der Waals surface area contributed by atoms with Crippen molar-refractivity contribution in [3.05, 3.63) is 89.3 Å². The van der Waals surface area contributed by atoms with Crippen LogP contribution in [0.1, 0.15) is 36.8 Å². The zero-order valence-corrected chi connectivity index (χ0v) is 18.0. The molecule has 0 fully saturated rings. The van der Waals surface area contributed by atoms with Crippen LogP contribution in [0, 0.1) is 0 Å². The summed E-state index contributed by atoms with van der Waals surface area (Å²) in [6, 6.07) is 20.7. The topological polar surface area (TPSA) is 83.2 Å². The van der Waals surface area contributed by atoms with Gasteiger partial charge in [0.05, 0.1) is 6.54 Å². The molecular formula is C23H28BrN3O2. The number of nitrogens with zero attached hydrogens (tertiary/aromatic N) is 1. The van der Waals surface area contributed by atoms with E-state index < -0.39 is 5.97 Å². The fourth-order valence-corrected chi connectivity index (χ4v) is 3.42. The summed E-state index contributed by atoms with van der Waals surface area (Å²) in [5, 5.41) is 10.9. The van der Waals surface area contributed by atoms with E-state index in [2.05, 4.69) is 42.5 Å². The smallest absolute Gasteiger partial charge is 0.303 e. The molecule has 0 amide bonds. The maximum atomic E-state index is 10.9. The average Bonchev–Trinajstić information content (AvgIpc) is 2.71. The number of hydrogen-bond acceptors (Lipinski definition) is 3. The van der Waals surface area contributed by atoms with Gasteiger partial charge < -0.3 is 27.8 Å². The predicted molar refractivity (Wildman–Crippen MR) is 111 cm³/mol. The van der Waals surface area contributed by atoms with Gasteiger partial charge in [0.1, 0.15) is 0 Å². The van der Waals surface area contributed by atoms with Crippen LogP contribution in [0.4, 0.5) is 0 Å². The molecular weight excluding hydrogens is 430 g/mol. The number of nitrogens with two attached hydrogens (primary N) is 2. The normalized spacial score (nSPS) is 13.7. The number of quaternary nitrogens is 1. The number of carbonyl (C=O) groups is 1. The summed E-state index contributed by atoms with van der Waals surface area (Å²) in [6.07, 6.45) is 5.79. The van der Waals surface area contributed by atoms with E-state index in [0.717, 1.165) is 41.9 Å². The summed E-state index contributed by atoms with van der Waals surface area (Å²) in [4.78, 5) is 10.9. The highest BCUT2D eigenvalue weighted by atomic mass is 79.9. The van der Waals surface area contributed by atoms with Crippen molar-refractivity contribution in [2.75, 3.05) is 6.54 Å². The van der Waals surface area contributed by atoms with E-state index in [4.69, 9.17) is 10.8 Å². The van der Waals surface area contributed by atoms with Crippen molar-refractivity contribution in [3.63, 3.8) is 0 Å². The quantitative estimate of drug-likeness (QED) is 0.458. The second kappa shape index (κ2) is 11.4. The first-order valence-electron chi connectivity index (χ1n) is 9.76. The molecule has 0 bridgehead atoms. The van der Waals surface area contributed by atoms with Crippen LogP contribution in [-0.2, 0) is 11.2 Å². The van der Waals surface area contributed by atoms with Crippen LogP contribution >= 0.6 is 0 Å². The number of carboxylic acids is 1. The number of allylic oxidation sites excluding steroid dienone is 2. The molecule has 0 atom stereocenters. The number of hydrogen-bond donors (Lipinski definition) is 3. The Bertz CT molecular complexity index is 851. The molecule has 1 aliphatic heterocycles. The zero-order chi connectivity index (χ0) is 19.8. The van der Waals surface area contributed by atoms with Crippen LogP contribution in [-0.4, -0.2) is 22.6 Å². The van der Waals surface area contributed by atoms with Crippen molar-refractivity contribution >= 4 is 11.7 Å². The van der Waals surface area contributed by atoms with E-state index in [1.807, 2.05) is 34.7 Å². The Morgan fingerprint density at radius 2 is 1.62 bits per heavy atom. The number of benzene rings is 2. The lowest BCUT2D eigenvalue weighted by atomic mass is 10.0. The van der Waals surface area contributed by atoms with Gasteiger partial charge >= 0.3 is 5.97 Å². The Labute approximate surface area is 182 Å². The minimum absolute atomic E-state index is 0. The van der Waals surface area contributed by atoms with Gasteiger partial charge in [0.15, 0.2) is 11.5 Å². The molecule has 0 radical (unpaired) electrons. The fraction of sp³-hybridized carbons (Fsp3) is 0.261. The molecule has 5 nitrogen and oxygen atoms in total. The maximum absolute atomic E-state index is 10.9. The van der Waals surface area contributed by atoms with Crippen LogP contribution in [0.2, 0.25) is 0 Å². The van der Waals surface area contributed by atoms with E-state index in [-0.39, 0.29) is 23.4 Å². The molecule has 2 aromatic carbocycles. The SMILES string of the molecule is NC1=C(CCCc2ccccc2)C=C(c2ccccc2)[NH2+]N1CCCC(=O)O.[Br-]. The van der Waals surface area contributed by atoms with E-state index in [1.54, 1.807) is 0 Å². The van der Waals surface area contributed by atoms with Crippen molar-refractivity contribution < 1.29 is 32.3 Å². The van der Waals surface area contributed by atoms with Crippen molar-refractivity contribution in [2.45, 2.75) is 32.1 Å². The molecule has 29 heavy (non-hydrogen) atoms. The van der Waals surface area contributed by atoms with E-state index in [1.165, 1.54) is 5.56 Å². The summed E-state index contributed by atoms with van der Waals surface area (Å²) < 4.78 is 0. The third-order valence-corrected chi connectivity index (χ3v) is 4.91. The predicted octanol–water partition coefficient (Wildman–Crippen LogP) is -0.116. The molecule has 1 heterocycles. The second-order valence-corrected chi connectivity index (χ2v) is 7.04. The third-order valence-electron chi connectivity index (χ3n) is 4.91. The van der Waals surface area contributed by atoms with E-state index in [0.29, 0.717) is 13.0 Å². The number of carboxylic acid groups (broad SMARTS) is 1. The van der Waals surface area contributed by atoms with Gasteiger partial charge in [0, 0.05) is 23.6 Å². The first-order chi connectivity index (χ1) is 13.6. The average molecular weight is 458 g/mol. The molecule has 3 rings (SSSR count). The molecule has 2 aromatic rings. The molecule has 0 unspecified atom stereocenters. The molecule has 6 heteroatoms. The summed E-state index contributed by atoms with van der Waals surface area (Å²) in [5.41, 5.74) is 13.2. The Balaban J connectivity index is 0.00000300. The highest BCUT2D eigenvalue weighted by molar-refractivity contribution is 5.66. The fourth-order valence-electron chi connectivity index (χ4n) is 3.42. The molecule has 0 aromatic heterocycles. The summed E-state index contributed by atoms with van der Waals surface area (Å²) in [7, 11) is 0. The van der Waals surface area contributed by atoms with E-state index >= 15 is 0 Å². The molecule has 154 valence electrons. The van der Waals surface area contributed by atoms with Gasteiger partial charge in [0.25, 0.3) is 0 Å². The summed E-state index contributed by atoms with van der Waals surface area (Å²) in [6.45, 7) is 0.602. The molecule has 0 saturated carbocycles. The third kappa shape index (κ3) is 6.76. The molecule has 0 aliphatic carbocycles. The lowest BCUT2D eigenvalue weighted by Gasteiger charge is -2.28. The van der Waals surface area contributed by atoms with Crippen LogP contribution in [0.25, 0.3) is 5.70 Å². The first-order valence-corrected chi connectivity index (χ1v) is 9.76. The molecule has 5 N–H and O–H groups in total. The van der Waals surface area contributed by atoms with Crippen molar-refractivity contribution in [3.8, 4) is 0 Å². The number of aliphatic carboxylic acids is 1. The molecule has 0 saturated heterocycles. The van der Waals surface area contributed by atoms with Crippen molar-refractivity contribution in [1.29, 1.82) is 0 Å². The largest absolute Gasteiger partial charge is 1.00 e. The number of rotatable bonds is 9. The van der Waals surface area contributed by atoms with Crippen molar-refractivity contribution in [2.24, 2.45) is 5.73 Å². The second-order valence-electron chi connectivity index (χ2n) is 7.04. The van der Waals surface area contributed by atoms with Gasteiger partial charge in [-0.2, -0.15) is 0 Å². The van der Waals surface area contributed by atoms with Gasteiger partial charge in [-0.25, -0.2) is 10.4 Å². The monoisotopic (exact) mass is 457 g/mol. The molecule has 0 spiro atoms. The van der Waals surface area contributed by atoms with Crippen LogP contribution in [0.15, 0.2) is 78.1 Å². The molecule has 1 aliphatic rings. The lowest BCUT2D eigenvalue weighted by Crippen LogP contribution is -3.00. The Morgan fingerprint density at radius 1 is 0.966 bits per heavy atom. The Morgan fingerprint density at radius 3 is 2.28 bits per heavy atom. The van der Waals surface area contributed by atoms with Gasteiger partial charge in [-0.05, 0) is 43.4 Å². The van der Waals surface area contributed by atoms with Gasteiger partial charge in [-0.3, -0.25) is 4.79 Å². The number of halogens is 1. The van der Waals surface area contributed by atoms with Gasteiger partial charge in [-0.15, -0.1) is 0 Å². The van der Waals surface area contributed by atoms with Crippen LogP contribution < -0.4 is 28.1 Å². The van der Waals surface area contributed by atoms with Gasteiger partial charge in [-0.1, -0.05) is 48.5 Å². The minimum atomic E-state index is -0.776. The Hall–Kier alpha value is -2.57. The van der Waals surface area contributed by atoms with Crippen LogP contribution in [0.5, 0.6) is 0 Å². The maximum Gasteiger partial charge on any atom is 0.303 e. The Kier molecular flexibility index (Phi) is 8.96. The first kappa shape index (κ1) is 22.7. The summed E-state index contributed by atoms with van der Waals surface area (Å²) >= 11 is 0. The van der Waals surface area contributed by atoms with Gasteiger partial charge in [0.2, 0.25) is 0 Å².